The lowest BCUT2D eigenvalue weighted by atomic mass is 10.2. The summed E-state index contributed by atoms with van der Waals surface area (Å²) >= 11 is 1.26. The molecule has 9 heteroatoms. The van der Waals surface area contributed by atoms with E-state index in [-0.39, 0.29) is 18.1 Å². The van der Waals surface area contributed by atoms with Crippen molar-refractivity contribution in [2.24, 2.45) is 0 Å². The third kappa shape index (κ3) is 5.94. The fourth-order valence-electron chi connectivity index (χ4n) is 2.71. The smallest absolute Gasteiger partial charge is 0.218 e. The highest BCUT2D eigenvalue weighted by atomic mass is 32.2. The molecule has 0 radical (unpaired) electrons. The van der Waals surface area contributed by atoms with Crippen molar-refractivity contribution in [1.29, 1.82) is 0 Å². The van der Waals surface area contributed by atoms with Gasteiger partial charge in [0, 0.05) is 13.1 Å². The Morgan fingerprint density at radius 3 is 2.73 bits per heavy atom. The van der Waals surface area contributed by atoms with Gasteiger partial charge in [0.25, 0.3) is 0 Å². The maximum Gasteiger partial charge on any atom is 0.218 e. The van der Waals surface area contributed by atoms with E-state index in [4.69, 9.17) is 0 Å². The zero-order valence-electron chi connectivity index (χ0n) is 14.3. The Bertz CT molecular complexity index is 853. The van der Waals surface area contributed by atoms with E-state index in [1.807, 2.05) is 35.2 Å². The van der Waals surface area contributed by atoms with Crippen LogP contribution in [0.25, 0.3) is 0 Å². The number of hydrogen-bond acceptors (Lipinski definition) is 6. The van der Waals surface area contributed by atoms with Gasteiger partial charge in [0.1, 0.15) is 21.6 Å². The van der Waals surface area contributed by atoms with Gasteiger partial charge in [-0.15, -0.1) is 10.2 Å². The van der Waals surface area contributed by atoms with Crippen LogP contribution in [0.4, 0.5) is 4.39 Å². The van der Waals surface area contributed by atoms with Gasteiger partial charge in [0.2, 0.25) is 10.0 Å². The minimum Gasteiger partial charge on any atom is -0.290 e. The summed E-state index contributed by atoms with van der Waals surface area (Å²) in [7, 11) is -3.46. The topological polar surface area (TPSA) is 75.2 Å². The largest absolute Gasteiger partial charge is 0.290 e. The van der Waals surface area contributed by atoms with Crippen molar-refractivity contribution in [2.45, 2.75) is 25.1 Å². The van der Waals surface area contributed by atoms with Crippen LogP contribution in [0.3, 0.4) is 0 Å². The zero-order valence-corrected chi connectivity index (χ0v) is 15.9. The zero-order chi connectivity index (χ0) is 18.4. The highest BCUT2D eigenvalue weighted by Crippen LogP contribution is 2.18. The monoisotopic (exact) mass is 396 g/mol. The van der Waals surface area contributed by atoms with Crippen molar-refractivity contribution in [1.82, 2.24) is 19.8 Å². The third-order valence-electron chi connectivity index (χ3n) is 3.95. The Morgan fingerprint density at radius 1 is 1.19 bits per heavy atom. The number of sulfonamides is 1. The molecule has 0 saturated heterocycles. The summed E-state index contributed by atoms with van der Waals surface area (Å²) in [6.07, 6.45) is 2.91. The lowest BCUT2D eigenvalue weighted by Gasteiger charge is -2.22. The fraction of sp³-hybridized carbons (Fsp3) is 0.412. The second kappa shape index (κ2) is 8.81. The van der Waals surface area contributed by atoms with Gasteiger partial charge in [-0.1, -0.05) is 47.7 Å². The Kier molecular flexibility index (Phi) is 6.47. The third-order valence-corrected chi connectivity index (χ3v) is 6.33. The van der Waals surface area contributed by atoms with Crippen molar-refractivity contribution in [3.8, 4) is 0 Å². The maximum absolute atomic E-state index is 13.3. The van der Waals surface area contributed by atoms with Crippen LogP contribution in [-0.4, -0.2) is 43.1 Å². The molecule has 2 heterocycles. The summed E-state index contributed by atoms with van der Waals surface area (Å²) in [6.45, 7) is 1.87. The van der Waals surface area contributed by atoms with Crippen LogP contribution in [0.1, 0.15) is 22.0 Å². The Morgan fingerprint density at radius 2 is 1.96 bits per heavy atom. The molecule has 140 valence electrons. The number of hydrogen-bond donors (Lipinski definition) is 1. The Hall–Kier alpha value is -1.68. The van der Waals surface area contributed by atoms with E-state index in [9.17, 15) is 12.8 Å². The Balaban J connectivity index is 1.48. The van der Waals surface area contributed by atoms with Crippen LogP contribution in [0.2, 0.25) is 0 Å². The van der Waals surface area contributed by atoms with Crippen LogP contribution < -0.4 is 4.72 Å². The first kappa shape index (κ1) is 19.1. The van der Waals surface area contributed by atoms with Crippen molar-refractivity contribution in [2.75, 3.05) is 19.6 Å². The summed E-state index contributed by atoms with van der Waals surface area (Å²) in [6, 6.07) is 9.70. The van der Waals surface area contributed by atoms with Crippen molar-refractivity contribution < 1.29 is 12.8 Å². The predicted octanol–water partition coefficient (Wildman–Crippen LogP) is 2.26. The first-order valence-electron chi connectivity index (χ1n) is 8.39. The molecule has 0 bridgehead atoms. The molecule has 3 rings (SSSR count). The summed E-state index contributed by atoms with van der Waals surface area (Å²) in [4.78, 5) is 1.94. The number of benzene rings is 1. The number of nitrogens with zero attached hydrogens (tertiary/aromatic N) is 3. The molecule has 0 spiro atoms. The lowest BCUT2D eigenvalue weighted by Crippen LogP contribution is -2.28. The number of halogens is 1. The molecule has 2 aromatic rings. The molecule has 1 aromatic carbocycles. The first-order valence-corrected chi connectivity index (χ1v) is 10.9. The average molecular weight is 397 g/mol. The summed E-state index contributed by atoms with van der Waals surface area (Å²) < 4.78 is 40.3. The SMILES string of the molecule is O=S(=O)(Cc1nnc(CN2CCC=C(F)C2)s1)NCCc1ccccc1. The minimum absolute atomic E-state index is 0.133. The van der Waals surface area contributed by atoms with E-state index in [1.165, 1.54) is 11.3 Å². The standard InChI is InChI=1S/C17H21FN4O2S2/c18-15-7-4-10-22(11-15)12-16-20-21-17(25-16)13-26(23,24)19-9-8-14-5-2-1-3-6-14/h1-3,5-7,19H,4,8-13H2. The molecule has 0 fully saturated rings. The van der Waals surface area contributed by atoms with Crippen LogP contribution in [-0.2, 0) is 28.7 Å². The van der Waals surface area contributed by atoms with Crippen molar-refractivity contribution in [3.63, 3.8) is 0 Å². The average Bonchev–Trinajstić information content (AvgIpc) is 3.01. The molecule has 0 unspecified atom stereocenters. The second-order valence-electron chi connectivity index (χ2n) is 6.13. The number of rotatable bonds is 8. The molecule has 0 aliphatic carbocycles. The van der Waals surface area contributed by atoms with Crippen LogP contribution in [0.5, 0.6) is 0 Å². The van der Waals surface area contributed by atoms with Crippen molar-refractivity contribution >= 4 is 21.4 Å². The minimum atomic E-state index is -3.46. The van der Waals surface area contributed by atoms with Gasteiger partial charge in [-0.3, -0.25) is 4.90 Å². The molecule has 1 N–H and O–H groups in total. The van der Waals surface area contributed by atoms with Gasteiger partial charge in [-0.2, -0.15) is 0 Å². The van der Waals surface area contributed by atoms with Crippen LogP contribution in [0, 0.1) is 0 Å². The highest BCUT2D eigenvalue weighted by molar-refractivity contribution is 7.88. The molecular weight excluding hydrogens is 375 g/mol. The number of aromatic nitrogens is 2. The molecule has 1 aliphatic heterocycles. The molecule has 0 atom stereocenters. The first-order chi connectivity index (χ1) is 12.5. The molecule has 6 nitrogen and oxygen atoms in total. The predicted molar refractivity (Wildman–Crippen MR) is 99.8 cm³/mol. The van der Waals surface area contributed by atoms with E-state index in [0.29, 0.717) is 35.9 Å². The van der Waals surface area contributed by atoms with Gasteiger partial charge >= 0.3 is 0 Å². The van der Waals surface area contributed by atoms with E-state index in [2.05, 4.69) is 14.9 Å². The quantitative estimate of drug-likeness (QED) is 0.741. The van der Waals surface area contributed by atoms with Gasteiger partial charge in [0.15, 0.2) is 0 Å². The molecule has 26 heavy (non-hydrogen) atoms. The van der Waals surface area contributed by atoms with E-state index < -0.39 is 10.0 Å². The van der Waals surface area contributed by atoms with E-state index >= 15 is 0 Å². The van der Waals surface area contributed by atoms with Gasteiger partial charge in [-0.25, -0.2) is 17.5 Å². The molecular formula is C17H21FN4O2S2. The molecule has 1 aliphatic rings. The highest BCUT2D eigenvalue weighted by Gasteiger charge is 2.18. The molecule has 0 amide bonds. The molecule has 0 saturated carbocycles. The Labute approximate surface area is 156 Å². The summed E-state index contributed by atoms with van der Waals surface area (Å²) in [5.41, 5.74) is 1.08. The number of nitrogens with one attached hydrogen (secondary N) is 1. The fourth-order valence-corrected chi connectivity index (χ4v) is 4.99. The van der Waals surface area contributed by atoms with Gasteiger partial charge < -0.3 is 0 Å². The summed E-state index contributed by atoms with van der Waals surface area (Å²) in [5.74, 6) is -0.320. The van der Waals surface area contributed by atoms with Crippen LogP contribution >= 0.6 is 11.3 Å². The maximum atomic E-state index is 13.3. The molecule has 1 aromatic heterocycles. The van der Waals surface area contributed by atoms with Gasteiger partial charge in [-0.05, 0) is 18.4 Å². The van der Waals surface area contributed by atoms with Crippen LogP contribution in [0.15, 0.2) is 42.2 Å². The normalized spacial score (nSPS) is 15.8. The lowest BCUT2D eigenvalue weighted by molar-refractivity contribution is 0.258. The van der Waals surface area contributed by atoms with Crippen molar-refractivity contribution in [3.05, 3.63) is 57.8 Å². The van der Waals surface area contributed by atoms with E-state index in [1.54, 1.807) is 6.08 Å². The summed E-state index contributed by atoms with van der Waals surface area (Å²) in [5, 5.41) is 9.15. The van der Waals surface area contributed by atoms with Gasteiger partial charge in [0.05, 0.1) is 13.1 Å². The van der Waals surface area contributed by atoms with E-state index in [0.717, 1.165) is 12.1 Å². The second-order valence-corrected chi connectivity index (χ2v) is 9.08.